The van der Waals surface area contributed by atoms with Gasteiger partial charge in [0.15, 0.2) is 0 Å². The fourth-order valence-corrected chi connectivity index (χ4v) is 3.16. The molecule has 20 heavy (non-hydrogen) atoms. The molecule has 1 atom stereocenters. The summed E-state index contributed by atoms with van der Waals surface area (Å²) in [7, 11) is 0. The molecule has 0 aliphatic heterocycles. The molecule has 0 aliphatic carbocycles. The van der Waals surface area contributed by atoms with E-state index in [1.807, 2.05) is 13.0 Å². The number of hydrogen-bond donors (Lipinski definition) is 0. The molecule has 0 N–H and O–H groups in total. The van der Waals surface area contributed by atoms with Crippen molar-refractivity contribution >= 4 is 31.9 Å². The standard InChI is InChI=1S/C17H18Br2O/c1-3-12-5-7-13(8-6-12)17(19)14-9-10-16(20-4-2)15(18)11-14/h5-11,17H,3-4H2,1-2H3. The quantitative estimate of drug-likeness (QED) is 0.571. The molecule has 0 saturated carbocycles. The Kier molecular flexibility index (Phi) is 5.67. The molecule has 0 fully saturated rings. The molecular weight excluding hydrogens is 380 g/mol. The Labute approximate surface area is 137 Å². The van der Waals surface area contributed by atoms with Crippen LogP contribution in [0.4, 0.5) is 0 Å². The minimum atomic E-state index is 0.195. The van der Waals surface area contributed by atoms with Crippen LogP contribution in [0.25, 0.3) is 0 Å². The summed E-state index contributed by atoms with van der Waals surface area (Å²) in [6, 6.07) is 15.0. The molecule has 2 aromatic carbocycles. The molecule has 106 valence electrons. The summed E-state index contributed by atoms with van der Waals surface area (Å²) in [5.74, 6) is 0.886. The fourth-order valence-electron chi connectivity index (χ4n) is 2.06. The van der Waals surface area contributed by atoms with Gasteiger partial charge in [0.05, 0.1) is 15.9 Å². The highest BCUT2D eigenvalue weighted by atomic mass is 79.9. The smallest absolute Gasteiger partial charge is 0.133 e. The summed E-state index contributed by atoms with van der Waals surface area (Å²) >= 11 is 7.34. The van der Waals surface area contributed by atoms with Crippen LogP contribution in [0.1, 0.15) is 35.4 Å². The third-order valence-corrected chi connectivity index (χ3v) is 4.91. The average molecular weight is 398 g/mol. The van der Waals surface area contributed by atoms with Gasteiger partial charge in [-0.3, -0.25) is 0 Å². The van der Waals surface area contributed by atoms with Gasteiger partial charge in [0, 0.05) is 0 Å². The van der Waals surface area contributed by atoms with Crippen LogP contribution in [0.15, 0.2) is 46.9 Å². The minimum absolute atomic E-state index is 0.195. The lowest BCUT2D eigenvalue weighted by atomic mass is 10.0. The zero-order chi connectivity index (χ0) is 14.5. The van der Waals surface area contributed by atoms with Crippen LogP contribution in [0.5, 0.6) is 5.75 Å². The van der Waals surface area contributed by atoms with E-state index in [4.69, 9.17) is 4.74 Å². The van der Waals surface area contributed by atoms with E-state index in [1.54, 1.807) is 0 Å². The summed E-state index contributed by atoms with van der Waals surface area (Å²) in [5, 5.41) is 0. The summed E-state index contributed by atoms with van der Waals surface area (Å²) in [6.45, 7) is 4.83. The van der Waals surface area contributed by atoms with Gasteiger partial charge >= 0.3 is 0 Å². The van der Waals surface area contributed by atoms with E-state index in [9.17, 15) is 0 Å². The predicted molar refractivity (Wildman–Crippen MR) is 91.9 cm³/mol. The molecular formula is C17H18Br2O. The van der Waals surface area contributed by atoms with Gasteiger partial charge < -0.3 is 4.74 Å². The first-order valence-electron chi connectivity index (χ1n) is 6.80. The van der Waals surface area contributed by atoms with Crippen LogP contribution in [-0.2, 0) is 6.42 Å². The van der Waals surface area contributed by atoms with Gasteiger partial charge in [-0.1, -0.05) is 53.2 Å². The molecule has 0 aromatic heterocycles. The normalized spacial score (nSPS) is 12.2. The second-order valence-electron chi connectivity index (χ2n) is 4.58. The van der Waals surface area contributed by atoms with Crippen molar-refractivity contribution in [3.63, 3.8) is 0 Å². The highest BCUT2D eigenvalue weighted by molar-refractivity contribution is 9.10. The summed E-state index contributed by atoms with van der Waals surface area (Å²) in [4.78, 5) is 0.195. The van der Waals surface area contributed by atoms with Gasteiger partial charge in [-0.05, 0) is 58.1 Å². The zero-order valence-corrected chi connectivity index (χ0v) is 14.9. The van der Waals surface area contributed by atoms with E-state index in [0.717, 1.165) is 16.6 Å². The van der Waals surface area contributed by atoms with Crippen LogP contribution >= 0.6 is 31.9 Å². The van der Waals surface area contributed by atoms with E-state index in [-0.39, 0.29) is 4.83 Å². The number of rotatable bonds is 5. The minimum Gasteiger partial charge on any atom is -0.493 e. The highest BCUT2D eigenvalue weighted by Gasteiger charge is 2.12. The summed E-state index contributed by atoms with van der Waals surface area (Å²) in [5.41, 5.74) is 3.84. The van der Waals surface area contributed by atoms with E-state index < -0.39 is 0 Å². The maximum atomic E-state index is 5.55. The van der Waals surface area contributed by atoms with Gasteiger partial charge in [0.1, 0.15) is 5.75 Å². The molecule has 0 radical (unpaired) electrons. The molecule has 1 nitrogen and oxygen atoms in total. The first-order chi connectivity index (χ1) is 9.65. The molecule has 2 aromatic rings. The number of aryl methyl sites for hydroxylation is 1. The lowest BCUT2D eigenvalue weighted by Gasteiger charge is -2.13. The van der Waals surface area contributed by atoms with Crippen molar-refractivity contribution in [3.05, 3.63) is 63.6 Å². The SMILES string of the molecule is CCOc1ccc(C(Br)c2ccc(CC)cc2)cc1Br. The van der Waals surface area contributed by atoms with Crippen LogP contribution in [0.3, 0.4) is 0 Å². The highest BCUT2D eigenvalue weighted by Crippen LogP contribution is 2.35. The molecule has 0 saturated heterocycles. The summed E-state index contributed by atoms with van der Waals surface area (Å²) in [6.07, 6.45) is 1.07. The van der Waals surface area contributed by atoms with E-state index in [1.165, 1.54) is 16.7 Å². The van der Waals surface area contributed by atoms with Crippen molar-refractivity contribution in [1.29, 1.82) is 0 Å². The first-order valence-corrected chi connectivity index (χ1v) is 8.51. The summed E-state index contributed by atoms with van der Waals surface area (Å²) < 4.78 is 6.54. The Bertz CT molecular complexity index is 564. The molecule has 3 heteroatoms. The third kappa shape index (κ3) is 3.64. The zero-order valence-electron chi connectivity index (χ0n) is 11.7. The Morgan fingerprint density at radius 3 is 2.20 bits per heavy atom. The maximum Gasteiger partial charge on any atom is 0.133 e. The number of alkyl halides is 1. The van der Waals surface area contributed by atoms with Gasteiger partial charge in [-0.25, -0.2) is 0 Å². The topological polar surface area (TPSA) is 9.23 Å². The van der Waals surface area contributed by atoms with Crippen molar-refractivity contribution in [2.75, 3.05) is 6.61 Å². The van der Waals surface area contributed by atoms with Gasteiger partial charge in [-0.2, -0.15) is 0 Å². The predicted octanol–water partition coefficient (Wildman–Crippen LogP) is 5.89. The monoisotopic (exact) mass is 396 g/mol. The van der Waals surface area contributed by atoms with Crippen LogP contribution in [-0.4, -0.2) is 6.61 Å². The lowest BCUT2D eigenvalue weighted by Crippen LogP contribution is -1.96. The average Bonchev–Trinajstić information content (AvgIpc) is 2.49. The van der Waals surface area contributed by atoms with Crippen molar-refractivity contribution in [3.8, 4) is 5.75 Å². The van der Waals surface area contributed by atoms with Crippen LogP contribution in [0, 0.1) is 0 Å². The van der Waals surface area contributed by atoms with Crippen molar-refractivity contribution in [1.82, 2.24) is 0 Å². The van der Waals surface area contributed by atoms with Crippen molar-refractivity contribution < 1.29 is 4.74 Å². The van der Waals surface area contributed by atoms with E-state index in [0.29, 0.717) is 6.61 Å². The van der Waals surface area contributed by atoms with Crippen LogP contribution in [0.2, 0.25) is 0 Å². The first kappa shape index (κ1) is 15.6. The third-order valence-electron chi connectivity index (χ3n) is 3.23. The molecule has 0 aliphatic rings. The molecule has 0 spiro atoms. The second-order valence-corrected chi connectivity index (χ2v) is 6.35. The number of ether oxygens (including phenoxy) is 1. The fraction of sp³-hybridized carbons (Fsp3) is 0.294. The lowest BCUT2D eigenvalue weighted by molar-refractivity contribution is 0.338. The molecule has 0 amide bonds. The maximum absolute atomic E-state index is 5.55. The Morgan fingerprint density at radius 1 is 1.00 bits per heavy atom. The molecule has 0 heterocycles. The van der Waals surface area contributed by atoms with E-state index in [2.05, 4.69) is 75.2 Å². The Hall–Kier alpha value is -0.800. The molecule has 1 unspecified atom stereocenters. The Morgan fingerprint density at radius 2 is 1.65 bits per heavy atom. The Balaban J connectivity index is 2.23. The molecule has 2 rings (SSSR count). The largest absolute Gasteiger partial charge is 0.493 e. The van der Waals surface area contributed by atoms with Gasteiger partial charge in [0.2, 0.25) is 0 Å². The van der Waals surface area contributed by atoms with Crippen LogP contribution < -0.4 is 4.74 Å². The number of hydrogen-bond acceptors (Lipinski definition) is 1. The van der Waals surface area contributed by atoms with Gasteiger partial charge in [0.25, 0.3) is 0 Å². The second kappa shape index (κ2) is 7.28. The number of benzene rings is 2. The van der Waals surface area contributed by atoms with E-state index >= 15 is 0 Å². The molecule has 0 bridgehead atoms. The van der Waals surface area contributed by atoms with Gasteiger partial charge in [-0.15, -0.1) is 0 Å². The van der Waals surface area contributed by atoms with Crippen molar-refractivity contribution in [2.45, 2.75) is 25.1 Å². The van der Waals surface area contributed by atoms with Crippen molar-refractivity contribution in [2.24, 2.45) is 0 Å². The number of halogens is 2.